The number of rotatable bonds is 2. The second kappa shape index (κ2) is 6.40. The summed E-state index contributed by atoms with van der Waals surface area (Å²) in [7, 11) is -0.715. The van der Waals surface area contributed by atoms with Gasteiger partial charge < -0.3 is 0 Å². The third kappa shape index (κ3) is 3.76. The Kier molecular flexibility index (Phi) is 6.85. The average Bonchev–Trinajstić information content (AvgIpc) is 1.91. The molecule has 0 spiro atoms. The van der Waals surface area contributed by atoms with Gasteiger partial charge in [0.05, 0.1) is 0 Å². The van der Waals surface area contributed by atoms with Gasteiger partial charge in [-0.05, 0) is 16.7 Å². The Labute approximate surface area is 101 Å². The van der Waals surface area contributed by atoms with E-state index in [1.807, 2.05) is 18.2 Å². The predicted molar refractivity (Wildman–Crippen MR) is 41.8 cm³/mol. The fourth-order valence-electron chi connectivity index (χ4n) is 0.537. The first-order valence-electron chi connectivity index (χ1n) is 2.52. The van der Waals surface area contributed by atoms with Crippen molar-refractivity contribution in [3.8, 4) is 5.75 Å². The van der Waals surface area contributed by atoms with Crippen molar-refractivity contribution in [3.05, 3.63) is 30.3 Å². The molecule has 0 N–H and O–H groups in total. The minimum Gasteiger partial charge on any atom is -0.256 e. The van der Waals surface area contributed by atoms with Crippen LogP contribution in [0, 0.1) is 0 Å². The molecule has 0 amide bonds. The van der Waals surface area contributed by atoms with Crippen LogP contribution in [0.25, 0.3) is 0 Å². The molecule has 1 aromatic rings. The summed E-state index contributed by atoms with van der Waals surface area (Å²) in [6.07, 6.45) is 0. The van der Waals surface area contributed by atoms with E-state index in [-0.39, 0.29) is 48.9 Å². The Morgan fingerprint density at radius 3 is 2.30 bits per heavy atom. The van der Waals surface area contributed by atoms with Crippen LogP contribution >= 0.6 is 8.69 Å². The minimum atomic E-state index is -0.715. The third-order valence-corrected chi connectivity index (χ3v) is 1.22. The molecule has 0 aromatic heterocycles. The normalized spacial score (nSPS) is 8.40. The van der Waals surface area contributed by atoms with Gasteiger partial charge in [-0.1, -0.05) is 18.2 Å². The average molecular weight is 278 g/mol. The third-order valence-electron chi connectivity index (χ3n) is 0.903. The summed E-state index contributed by atoms with van der Waals surface area (Å²) in [4.78, 5) is 0. The molecule has 2 radical (unpaired) electrons. The Hall–Kier alpha value is 0.691. The maximum atomic E-state index is 9.90. The molecule has 1 atom stereocenters. The fourth-order valence-corrected chi connectivity index (χ4v) is 0.769. The number of hydrogen-bond donors (Lipinski definition) is 0. The van der Waals surface area contributed by atoms with E-state index in [2.05, 4.69) is 4.52 Å². The number of benzene rings is 1. The van der Waals surface area contributed by atoms with E-state index in [4.69, 9.17) is 0 Å². The number of hydrogen-bond acceptors (Lipinski definition) is 2. The van der Waals surface area contributed by atoms with Crippen LogP contribution in [0.15, 0.2) is 30.3 Å². The molecule has 1 unspecified atom stereocenters. The Balaban J connectivity index is 0.000000810. The van der Waals surface area contributed by atoms with E-state index in [9.17, 15) is 4.57 Å². The summed E-state index contributed by atoms with van der Waals surface area (Å²) in [5.41, 5.74) is 0. The predicted octanol–water partition coefficient (Wildman–Crippen LogP) is 1.62. The van der Waals surface area contributed by atoms with E-state index < -0.39 is 8.69 Å². The zero-order valence-electron chi connectivity index (χ0n) is 5.41. The molecule has 0 aliphatic rings. The second-order valence-corrected chi connectivity index (χ2v) is 1.87. The molecule has 4 heteroatoms. The maximum Gasteiger partial charge on any atom is 0.542 e. The van der Waals surface area contributed by atoms with Gasteiger partial charge in [0, 0.05) is 48.9 Å². The SMILES string of the molecule is O=[PH+]Oc1ccccc1.[Ba]. The number of para-hydroxylation sites is 1. The molecule has 1 rings (SSSR count). The zero-order valence-corrected chi connectivity index (χ0v) is 10.9. The van der Waals surface area contributed by atoms with E-state index in [0.29, 0.717) is 5.75 Å². The molecular formula is C6H6BaO2P+. The standard InChI is InChI=1S/C6H6O2P.Ba/c7-9-8-6-4-2-1-3-5-6;/h1-5,9H;/q+1;. The van der Waals surface area contributed by atoms with E-state index in [1.54, 1.807) is 12.1 Å². The molecule has 0 aliphatic carbocycles. The molecule has 0 saturated carbocycles. The van der Waals surface area contributed by atoms with E-state index in [0.717, 1.165) is 0 Å². The topological polar surface area (TPSA) is 26.3 Å². The van der Waals surface area contributed by atoms with Gasteiger partial charge in [0.15, 0.2) is 5.75 Å². The van der Waals surface area contributed by atoms with Gasteiger partial charge in [-0.2, -0.15) is 0 Å². The van der Waals surface area contributed by atoms with Crippen LogP contribution in [-0.2, 0) is 4.57 Å². The van der Waals surface area contributed by atoms with Crippen LogP contribution in [0.2, 0.25) is 0 Å². The van der Waals surface area contributed by atoms with Gasteiger partial charge >= 0.3 is 8.69 Å². The smallest absolute Gasteiger partial charge is 0.256 e. The maximum absolute atomic E-state index is 9.90. The summed E-state index contributed by atoms with van der Waals surface area (Å²) in [5, 5.41) is 0. The first-order valence-corrected chi connectivity index (χ1v) is 3.34. The van der Waals surface area contributed by atoms with Crippen molar-refractivity contribution in [1.82, 2.24) is 0 Å². The zero-order chi connectivity index (χ0) is 6.53. The van der Waals surface area contributed by atoms with Crippen LogP contribution in [-0.4, -0.2) is 48.9 Å². The van der Waals surface area contributed by atoms with Crippen molar-refractivity contribution in [3.63, 3.8) is 0 Å². The van der Waals surface area contributed by atoms with Crippen molar-refractivity contribution >= 4 is 57.6 Å². The molecule has 0 aliphatic heterocycles. The van der Waals surface area contributed by atoms with Crippen LogP contribution in [0.3, 0.4) is 0 Å². The quantitative estimate of drug-likeness (QED) is 0.607. The van der Waals surface area contributed by atoms with Crippen molar-refractivity contribution in [2.75, 3.05) is 0 Å². The van der Waals surface area contributed by atoms with E-state index in [1.165, 1.54) is 0 Å². The van der Waals surface area contributed by atoms with Crippen LogP contribution in [0.1, 0.15) is 0 Å². The molecule has 10 heavy (non-hydrogen) atoms. The van der Waals surface area contributed by atoms with Crippen LogP contribution in [0.5, 0.6) is 5.75 Å². The van der Waals surface area contributed by atoms with E-state index >= 15 is 0 Å². The Morgan fingerprint density at radius 2 is 1.80 bits per heavy atom. The molecule has 0 fully saturated rings. The summed E-state index contributed by atoms with van der Waals surface area (Å²) in [6.45, 7) is 0. The molecule has 0 heterocycles. The first-order chi connectivity index (χ1) is 4.43. The van der Waals surface area contributed by atoms with Gasteiger partial charge in [0.1, 0.15) is 0 Å². The summed E-state index contributed by atoms with van der Waals surface area (Å²) < 4.78 is 14.6. The molecule has 0 saturated heterocycles. The van der Waals surface area contributed by atoms with Crippen molar-refractivity contribution in [2.45, 2.75) is 0 Å². The van der Waals surface area contributed by atoms with Gasteiger partial charge in [-0.3, -0.25) is 4.52 Å². The largest absolute Gasteiger partial charge is 0.542 e. The molecule has 0 bridgehead atoms. The van der Waals surface area contributed by atoms with Gasteiger partial charge in [0.2, 0.25) is 0 Å². The van der Waals surface area contributed by atoms with Gasteiger partial charge in [-0.25, -0.2) is 0 Å². The fraction of sp³-hybridized carbons (Fsp3) is 0. The van der Waals surface area contributed by atoms with Gasteiger partial charge in [-0.15, -0.1) is 0 Å². The van der Waals surface area contributed by atoms with Crippen molar-refractivity contribution in [2.24, 2.45) is 0 Å². The first kappa shape index (κ1) is 10.7. The summed E-state index contributed by atoms with van der Waals surface area (Å²) in [6, 6.07) is 9.04. The minimum absolute atomic E-state index is 0. The molecule has 48 valence electrons. The Bertz CT molecular complexity index is 190. The molecule has 1 aromatic carbocycles. The van der Waals surface area contributed by atoms with Crippen molar-refractivity contribution in [1.29, 1.82) is 0 Å². The van der Waals surface area contributed by atoms with Crippen LogP contribution < -0.4 is 4.52 Å². The van der Waals surface area contributed by atoms with Crippen molar-refractivity contribution < 1.29 is 9.09 Å². The Morgan fingerprint density at radius 1 is 1.20 bits per heavy atom. The summed E-state index contributed by atoms with van der Waals surface area (Å²) >= 11 is 0. The monoisotopic (exact) mass is 279 g/mol. The summed E-state index contributed by atoms with van der Waals surface area (Å²) in [5.74, 6) is 0.644. The molecule has 2 nitrogen and oxygen atoms in total. The second-order valence-electron chi connectivity index (χ2n) is 1.50. The van der Waals surface area contributed by atoms with Gasteiger partial charge in [0.25, 0.3) is 0 Å². The van der Waals surface area contributed by atoms with Crippen LogP contribution in [0.4, 0.5) is 0 Å². The molecular weight excluding hydrogens is 272 g/mol.